The molecule has 1 aromatic rings. The maximum Gasteiger partial charge on any atom is 0.243 e. The van der Waals surface area contributed by atoms with Crippen molar-refractivity contribution in [3.05, 3.63) is 24.3 Å². The molecule has 1 aromatic carbocycles. The highest BCUT2D eigenvalue weighted by atomic mass is 32.2. The summed E-state index contributed by atoms with van der Waals surface area (Å²) in [6.07, 6.45) is 1.73. The SMILES string of the molecule is CC(C)NC(=O)CN(C)CC(=O)Nc1cccc(S(=O)(=O)N2CCCC2)c1. The second kappa shape index (κ2) is 9.29. The molecule has 0 aliphatic carbocycles. The Morgan fingerprint density at radius 3 is 2.41 bits per heavy atom. The highest BCUT2D eigenvalue weighted by molar-refractivity contribution is 7.89. The molecule has 0 aromatic heterocycles. The Labute approximate surface area is 161 Å². The van der Waals surface area contributed by atoms with Crippen LogP contribution in [0, 0.1) is 0 Å². The number of nitrogens with one attached hydrogen (secondary N) is 2. The van der Waals surface area contributed by atoms with Crippen LogP contribution in [0.3, 0.4) is 0 Å². The number of carbonyl (C=O) groups is 2. The summed E-state index contributed by atoms with van der Waals surface area (Å²) in [6.45, 7) is 4.93. The molecule has 0 spiro atoms. The Balaban J connectivity index is 1.95. The molecule has 0 unspecified atom stereocenters. The van der Waals surface area contributed by atoms with Crippen LogP contribution in [0.25, 0.3) is 0 Å². The topological polar surface area (TPSA) is 98.8 Å². The summed E-state index contributed by atoms with van der Waals surface area (Å²) in [5, 5.41) is 5.46. The average Bonchev–Trinajstić information content (AvgIpc) is 3.09. The molecule has 1 saturated heterocycles. The predicted molar refractivity (Wildman–Crippen MR) is 104 cm³/mol. The summed E-state index contributed by atoms with van der Waals surface area (Å²) >= 11 is 0. The second-order valence-electron chi connectivity index (χ2n) is 7.08. The summed E-state index contributed by atoms with van der Waals surface area (Å²) in [4.78, 5) is 25.7. The number of amides is 2. The van der Waals surface area contributed by atoms with Crippen molar-refractivity contribution in [3.63, 3.8) is 0 Å². The highest BCUT2D eigenvalue weighted by Gasteiger charge is 2.27. The van der Waals surface area contributed by atoms with Crippen molar-refractivity contribution in [3.8, 4) is 0 Å². The molecule has 9 heteroatoms. The number of carbonyl (C=O) groups excluding carboxylic acids is 2. The molecular formula is C18H28N4O4S. The standard InChI is InChI=1S/C18H28N4O4S/c1-14(2)19-17(23)12-21(3)13-18(24)20-15-7-6-8-16(11-15)27(25,26)22-9-4-5-10-22/h6-8,11,14H,4-5,9-10,12-13H2,1-3H3,(H,19,23)(H,20,24). The van der Waals surface area contributed by atoms with E-state index in [-0.39, 0.29) is 35.8 Å². The van der Waals surface area contributed by atoms with E-state index >= 15 is 0 Å². The molecule has 1 fully saturated rings. The number of rotatable bonds is 8. The number of hydrogen-bond acceptors (Lipinski definition) is 5. The second-order valence-corrected chi connectivity index (χ2v) is 9.02. The van der Waals surface area contributed by atoms with Gasteiger partial charge in [-0.25, -0.2) is 8.42 Å². The summed E-state index contributed by atoms with van der Waals surface area (Å²) in [5.41, 5.74) is 0.417. The van der Waals surface area contributed by atoms with Gasteiger partial charge < -0.3 is 10.6 Å². The molecule has 150 valence electrons. The normalized spacial score (nSPS) is 15.3. The van der Waals surface area contributed by atoms with Crippen LogP contribution in [0.2, 0.25) is 0 Å². The van der Waals surface area contributed by atoms with Gasteiger partial charge in [0.05, 0.1) is 18.0 Å². The minimum Gasteiger partial charge on any atom is -0.353 e. The maximum atomic E-state index is 12.6. The molecule has 1 aliphatic heterocycles. The van der Waals surface area contributed by atoms with Crippen LogP contribution < -0.4 is 10.6 Å². The molecule has 27 heavy (non-hydrogen) atoms. The third kappa shape index (κ3) is 6.30. The van der Waals surface area contributed by atoms with E-state index in [0.717, 1.165) is 12.8 Å². The van der Waals surface area contributed by atoms with E-state index in [0.29, 0.717) is 18.8 Å². The van der Waals surface area contributed by atoms with Crippen LogP contribution >= 0.6 is 0 Å². The maximum absolute atomic E-state index is 12.6. The molecular weight excluding hydrogens is 368 g/mol. The molecule has 2 rings (SSSR count). The van der Waals surface area contributed by atoms with Crippen LogP contribution in [-0.2, 0) is 19.6 Å². The molecule has 1 heterocycles. The van der Waals surface area contributed by atoms with Gasteiger partial charge in [-0.2, -0.15) is 4.31 Å². The number of anilines is 1. The van der Waals surface area contributed by atoms with Crippen molar-refractivity contribution >= 4 is 27.5 Å². The molecule has 1 aliphatic rings. The zero-order chi connectivity index (χ0) is 20.0. The number of nitrogens with zero attached hydrogens (tertiary/aromatic N) is 2. The van der Waals surface area contributed by atoms with Gasteiger partial charge in [0.2, 0.25) is 21.8 Å². The minimum absolute atomic E-state index is 0.0224. The monoisotopic (exact) mass is 396 g/mol. The Bertz CT molecular complexity index is 773. The van der Waals surface area contributed by atoms with Crippen molar-refractivity contribution in [2.75, 3.05) is 38.5 Å². The summed E-state index contributed by atoms with van der Waals surface area (Å²) < 4.78 is 26.7. The molecule has 0 atom stereocenters. The first-order valence-electron chi connectivity index (χ1n) is 9.06. The lowest BCUT2D eigenvalue weighted by molar-refractivity contribution is -0.123. The zero-order valence-corrected chi connectivity index (χ0v) is 16.9. The van der Waals surface area contributed by atoms with Gasteiger partial charge in [0, 0.05) is 24.8 Å². The smallest absolute Gasteiger partial charge is 0.243 e. The highest BCUT2D eigenvalue weighted by Crippen LogP contribution is 2.23. The van der Waals surface area contributed by atoms with Crippen LogP contribution in [-0.4, -0.2) is 68.7 Å². The van der Waals surface area contributed by atoms with E-state index in [4.69, 9.17) is 0 Å². The van der Waals surface area contributed by atoms with Gasteiger partial charge in [-0.05, 0) is 51.9 Å². The molecule has 0 saturated carbocycles. The predicted octanol–water partition coefficient (Wildman–Crippen LogP) is 0.866. The van der Waals surface area contributed by atoms with Crippen LogP contribution in [0.15, 0.2) is 29.2 Å². The summed E-state index contributed by atoms with van der Waals surface area (Å²) in [7, 11) is -1.85. The van der Waals surface area contributed by atoms with Crippen LogP contribution in [0.1, 0.15) is 26.7 Å². The molecule has 0 radical (unpaired) electrons. The molecule has 2 amide bonds. The lowest BCUT2D eigenvalue weighted by Gasteiger charge is -2.18. The van der Waals surface area contributed by atoms with Gasteiger partial charge in [-0.15, -0.1) is 0 Å². The van der Waals surface area contributed by atoms with Gasteiger partial charge >= 0.3 is 0 Å². The van der Waals surface area contributed by atoms with Gasteiger partial charge in [-0.1, -0.05) is 6.07 Å². The average molecular weight is 397 g/mol. The lowest BCUT2D eigenvalue weighted by atomic mass is 10.3. The number of hydrogen-bond donors (Lipinski definition) is 2. The molecule has 0 bridgehead atoms. The first-order chi connectivity index (χ1) is 12.7. The van der Waals surface area contributed by atoms with Crippen LogP contribution in [0.5, 0.6) is 0 Å². The summed E-state index contributed by atoms with van der Waals surface area (Å²) in [6, 6.07) is 6.30. The lowest BCUT2D eigenvalue weighted by Crippen LogP contribution is -2.41. The van der Waals surface area contributed by atoms with Crippen molar-refractivity contribution in [1.29, 1.82) is 0 Å². The quantitative estimate of drug-likeness (QED) is 0.679. The first kappa shape index (κ1) is 21.3. The van der Waals surface area contributed by atoms with Crippen molar-refractivity contribution in [2.24, 2.45) is 0 Å². The van der Waals surface area contributed by atoms with E-state index in [1.165, 1.54) is 16.4 Å². The number of sulfonamides is 1. The Morgan fingerprint density at radius 1 is 1.15 bits per heavy atom. The third-order valence-electron chi connectivity index (χ3n) is 4.10. The third-order valence-corrected chi connectivity index (χ3v) is 5.99. The van der Waals surface area contributed by atoms with Gasteiger partial charge in [-0.3, -0.25) is 14.5 Å². The van der Waals surface area contributed by atoms with E-state index < -0.39 is 10.0 Å². The van der Waals surface area contributed by atoms with E-state index in [1.54, 1.807) is 24.1 Å². The van der Waals surface area contributed by atoms with Gasteiger partial charge in [0.25, 0.3) is 0 Å². The van der Waals surface area contributed by atoms with E-state index in [2.05, 4.69) is 10.6 Å². The fraction of sp³-hybridized carbons (Fsp3) is 0.556. The van der Waals surface area contributed by atoms with E-state index in [9.17, 15) is 18.0 Å². The van der Waals surface area contributed by atoms with Crippen LogP contribution in [0.4, 0.5) is 5.69 Å². The molecule has 8 nitrogen and oxygen atoms in total. The van der Waals surface area contributed by atoms with Crippen molar-refractivity contribution < 1.29 is 18.0 Å². The Hall–Kier alpha value is -1.97. The number of likely N-dealkylation sites (N-methyl/N-ethyl adjacent to an activating group) is 1. The fourth-order valence-electron chi connectivity index (χ4n) is 2.93. The Kier molecular flexibility index (Phi) is 7.34. The summed E-state index contributed by atoms with van der Waals surface area (Å²) in [5.74, 6) is -0.468. The van der Waals surface area contributed by atoms with Gasteiger partial charge in [0.1, 0.15) is 0 Å². The molecule has 2 N–H and O–H groups in total. The van der Waals surface area contributed by atoms with Crippen molar-refractivity contribution in [1.82, 2.24) is 14.5 Å². The largest absolute Gasteiger partial charge is 0.353 e. The first-order valence-corrected chi connectivity index (χ1v) is 10.5. The van der Waals surface area contributed by atoms with Crippen molar-refractivity contribution in [2.45, 2.75) is 37.6 Å². The fourth-order valence-corrected chi connectivity index (χ4v) is 4.49. The minimum atomic E-state index is -3.53. The number of benzene rings is 1. The Morgan fingerprint density at radius 2 is 1.78 bits per heavy atom. The zero-order valence-electron chi connectivity index (χ0n) is 16.1. The van der Waals surface area contributed by atoms with E-state index in [1.807, 2.05) is 13.8 Å². The van der Waals surface area contributed by atoms with Gasteiger partial charge in [0.15, 0.2) is 0 Å².